The Morgan fingerprint density at radius 3 is 2.35 bits per heavy atom. The van der Waals surface area contributed by atoms with Gasteiger partial charge in [0.05, 0.1) is 7.11 Å². The molecule has 5 heteroatoms. The molecule has 0 fully saturated rings. The van der Waals surface area contributed by atoms with Gasteiger partial charge in [0, 0.05) is 15.0 Å². The van der Waals surface area contributed by atoms with Crippen LogP contribution in [0.5, 0.6) is 5.75 Å². The van der Waals surface area contributed by atoms with E-state index in [0.717, 1.165) is 20.1 Å². The third-order valence-corrected chi connectivity index (χ3v) is 3.90. The Hall–Kier alpha value is -0.910. The number of methoxy groups -OCH3 is 1. The molecule has 0 amide bonds. The van der Waals surface area contributed by atoms with Gasteiger partial charge in [0.15, 0.2) is 11.6 Å². The molecule has 0 aromatic heterocycles. The Morgan fingerprint density at radius 1 is 1.15 bits per heavy atom. The van der Waals surface area contributed by atoms with Crippen molar-refractivity contribution in [3.8, 4) is 5.75 Å². The molecular weight excluding hydrogens is 389 g/mol. The minimum atomic E-state index is -0.368. The van der Waals surface area contributed by atoms with Crippen molar-refractivity contribution in [3.63, 3.8) is 0 Å². The highest BCUT2D eigenvalue weighted by Crippen LogP contribution is 2.26. The Kier molecular flexibility index (Phi) is 5.18. The Bertz CT molecular complexity index is 599. The van der Waals surface area contributed by atoms with Gasteiger partial charge in [0.1, 0.15) is 0 Å². The van der Waals surface area contributed by atoms with Crippen molar-refractivity contribution in [2.75, 3.05) is 7.11 Å². The third-order valence-electron chi connectivity index (χ3n) is 2.98. The smallest absolute Gasteiger partial charge is 0.165 e. The van der Waals surface area contributed by atoms with E-state index in [9.17, 15) is 4.39 Å². The van der Waals surface area contributed by atoms with Gasteiger partial charge in [-0.05, 0) is 47.9 Å². The zero-order valence-corrected chi connectivity index (χ0v) is 14.0. The predicted octanol–water partition coefficient (Wildman–Crippen LogP) is 4.60. The summed E-state index contributed by atoms with van der Waals surface area (Å²) in [5, 5.41) is 0. The van der Waals surface area contributed by atoms with Gasteiger partial charge in [0.2, 0.25) is 0 Å². The van der Waals surface area contributed by atoms with Crippen molar-refractivity contribution < 1.29 is 9.13 Å². The molecule has 0 saturated heterocycles. The molecule has 0 spiro atoms. The third kappa shape index (κ3) is 3.81. The minimum Gasteiger partial charge on any atom is -0.494 e. The zero-order chi connectivity index (χ0) is 14.7. The van der Waals surface area contributed by atoms with Crippen LogP contribution >= 0.6 is 31.9 Å². The van der Waals surface area contributed by atoms with E-state index in [1.54, 1.807) is 6.07 Å². The first-order valence-corrected chi connectivity index (χ1v) is 7.62. The molecule has 0 saturated carbocycles. The summed E-state index contributed by atoms with van der Waals surface area (Å²) in [7, 11) is 1.45. The molecule has 0 bridgehead atoms. The lowest BCUT2D eigenvalue weighted by Crippen LogP contribution is -2.13. The maximum atomic E-state index is 13.7. The van der Waals surface area contributed by atoms with E-state index in [1.807, 2.05) is 24.3 Å². The average molecular weight is 403 g/mol. The molecule has 0 aliphatic carbocycles. The fourth-order valence-electron chi connectivity index (χ4n) is 2.00. The van der Waals surface area contributed by atoms with Crippen molar-refractivity contribution in [1.29, 1.82) is 0 Å². The summed E-state index contributed by atoms with van der Waals surface area (Å²) in [5.74, 6) is -0.125. The summed E-state index contributed by atoms with van der Waals surface area (Å²) < 4.78 is 20.5. The minimum absolute atomic E-state index is 0.198. The van der Waals surface area contributed by atoms with E-state index < -0.39 is 0 Å². The van der Waals surface area contributed by atoms with Crippen molar-refractivity contribution >= 4 is 31.9 Å². The summed E-state index contributed by atoms with van der Waals surface area (Å²) in [6.07, 6.45) is 0.559. The van der Waals surface area contributed by atoms with Gasteiger partial charge in [-0.25, -0.2) is 4.39 Å². The van der Waals surface area contributed by atoms with Crippen molar-refractivity contribution in [1.82, 2.24) is 0 Å². The Labute approximate surface area is 134 Å². The normalized spacial score (nSPS) is 12.2. The molecule has 2 aromatic rings. The highest BCUT2D eigenvalue weighted by atomic mass is 79.9. The van der Waals surface area contributed by atoms with E-state index in [2.05, 4.69) is 31.9 Å². The fourth-order valence-corrected chi connectivity index (χ4v) is 3.33. The molecule has 0 aliphatic rings. The van der Waals surface area contributed by atoms with Crippen LogP contribution in [0.3, 0.4) is 0 Å². The van der Waals surface area contributed by atoms with E-state index in [-0.39, 0.29) is 17.6 Å². The predicted molar refractivity (Wildman–Crippen MR) is 85.4 cm³/mol. The van der Waals surface area contributed by atoms with Gasteiger partial charge >= 0.3 is 0 Å². The van der Waals surface area contributed by atoms with Crippen molar-refractivity contribution in [2.45, 2.75) is 12.5 Å². The first-order chi connectivity index (χ1) is 9.49. The summed E-state index contributed by atoms with van der Waals surface area (Å²) in [6, 6.07) is 10.6. The molecule has 2 nitrogen and oxygen atoms in total. The van der Waals surface area contributed by atoms with E-state index in [4.69, 9.17) is 10.5 Å². The maximum absolute atomic E-state index is 13.7. The van der Waals surface area contributed by atoms with Crippen LogP contribution < -0.4 is 10.5 Å². The number of hydrogen-bond acceptors (Lipinski definition) is 2. The van der Waals surface area contributed by atoms with E-state index in [1.165, 1.54) is 13.2 Å². The van der Waals surface area contributed by atoms with E-state index >= 15 is 0 Å². The number of benzene rings is 2. The lowest BCUT2D eigenvalue weighted by molar-refractivity contribution is 0.386. The van der Waals surface area contributed by atoms with Crippen molar-refractivity contribution in [3.05, 3.63) is 62.3 Å². The number of hydrogen-bond donors (Lipinski definition) is 1. The highest BCUT2D eigenvalue weighted by Gasteiger charge is 2.11. The van der Waals surface area contributed by atoms with Crippen molar-refractivity contribution in [2.24, 2.45) is 5.73 Å². The van der Waals surface area contributed by atoms with Gasteiger partial charge in [-0.1, -0.05) is 37.9 Å². The standard InChI is InChI=1S/C15H14Br2FNO/c1-20-15-3-2-9(4-13(15)18)5-14(19)10-6-11(16)8-12(17)7-10/h2-4,6-8,14H,5,19H2,1H3. The van der Waals surface area contributed by atoms with E-state index in [0.29, 0.717) is 6.42 Å². The van der Waals surface area contributed by atoms with Crippen LogP contribution in [-0.2, 0) is 6.42 Å². The van der Waals surface area contributed by atoms with Crippen LogP contribution in [0.1, 0.15) is 17.2 Å². The molecule has 2 rings (SSSR count). The molecule has 0 heterocycles. The fraction of sp³-hybridized carbons (Fsp3) is 0.200. The number of nitrogens with two attached hydrogens (primary N) is 1. The summed E-state index contributed by atoms with van der Waals surface area (Å²) >= 11 is 6.87. The van der Waals surface area contributed by atoms with Crippen LogP contribution in [0, 0.1) is 5.82 Å². The highest BCUT2D eigenvalue weighted by molar-refractivity contribution is 9.11. The van der Waals surface area contributed by atoms with Gasteiger partial charge in [-0.3, -0.25) is 0 Å². The molecule has 2 N–H and O–H groups in total. The molecule has 0 aliphatic heterocycles. The second kappa shape index (κ2) is 6.70. The van der Waals surface area contributed by atoms with Crippen LogP contribution in [0.4, 0.5) is 4.39 Å². The first-order valence-electron chi connectivity index (χ1n) is 6.03. The van der Waals surface area contributed by atoms with Crippen LogP contribution in [0.25, 0.3) is 0 Å². The monoisotopic (exact) mass is 401 g/mol. The summed E-state index contributed by atoms with van der Waals surface area (Å²) in [6.45, 7) is 0. The number of rotatable bonds is 4. The number of halogens is 3. The van der Waals surface area contributed by atoms with Gasteiger partial charge in [-0.15, -0.1) is 0 Å². The van der Waals surface area contributed by atoms with Gasteiger partial charge < -0.3 is 10.5 Å². The summed E-state index contributed by atoms with van der Waals surface area (Å²) in [5.41, 5.74) is 8.02. The Balaban J connectivity index is 2.18. The first kappa shape index (κ1) is 15.5. The average Bonchev–Trinajstić information content (AvgIpc) is 2.37. The Morgan fingerprint density at radius 2 is 1.80 bits per heavy atom. The molecular formula is C15H14Br2FNO. The number of ether oxygens (including phenoxy) is 1. The molecule has 1 atom stereocenters. The molecule has 0 radical (unpaired) electrons. The quantitative estimate of drug-likeness (QED) is 0.810. The summed E-state index contributed by atoms with van der Waals surface area (Å²) in [4.78, 5) is 0. The van der Waals surface area contributed by atoms with Gasteiger partial charge in [0.25, 0.3) is 0 Å². The molecule has 2 aromatic carbocycles. The molecule has 1 unspecified atom stereocenters. The second-order valence-corrected chi connectivity index (χ2v) is 6.31. The topological polar surface area (TPSA) is 35.2 Å². The largest absolute Gasteiger partial charge is 0.494 e. The lowest BCUT2D eigenvalue weighted by Gasteiger charge is -2.14. The van der Waals surface area contributed by atoms with Gasteiger partial charge in [-0.2, -0.15) is 0 Å². The SMILES string of the molecule is COc1ccc(CC(N)c2cc(Br)cc(Br)c2)cc1F. The zero-order valence-electron chi connectivity index (χ0n) is 10.9. The second-order valence-electron chi connectivity index (χ2n) is 4.48. The van der Waals surface area contributed by atoms with Crippen LogP contribution in [-0.4, -0.2) is 7.11 Å². The molecule has 20 heavy (non-hydrogen) atoms. The van der Waals surface area contributed by atoms with Crippen LogP contribution in [0.15, 0.2) is 45.3 Å². The lowest BCUT2D eigenvalue weighted by atomic mass is 9.99. The maximum Gasteiger partial charge on any atom is 0.165 e. The van der Waals surface area contributed by atoms with Crippen LogP contribution in [0.2, 0.25) is 0 Å². The molecule has 106 valence electrons.